The number of Topliss-reactive ketones (excluding diaryl/α,β-unsaturated/α-hetero) is 1. The molecule has 0 aliphatic rings. The first-order chi connectivity index (χ1) is 7.79. The number of thioether (sulfide) groups is 1. The maximum atomic E-state index is 11.4. The van der Waals surface area contributed by atoms with Crippen molar-refractivity contribution in [2.75, 3.05) is 17.8 Å². The Hall–Kier alpha value is -0.330. The van der Waals surface area contributed by atoms with Crippen molar-refractivity contribution in [3.8, 4) is 0 Å². The predicted octanol–water partition coefficient (Wildman–Crippen LogP) is 2.79. The summed E-state index contributed by atoms with van der Waals surface area (Å²) in [5.74, 6) is 0.555. The van der Waals surface area contributed by atoms with Crippen LogP contribution in [0.2, 0.25) is 0 Å². The molecule has 6 heteroatoms. The quantitative estimate of drug-likeness (QED) is 0.612. The highest BCUT2D eigenvalue weighted by Crippen LogP contribution is 2.26. The van der Waals surface area contributed by atoms with Gasteiger partial charge >= 0.3 is 0 Å². The summed E-state index contributed by atoms with van der Waals surface area (Å²) in [7, 11) is -2.95. The fourth-order valence-corrected chi connectivity index (χ4v) is 3.85. The Morgan fingerprint density at radius 2 is 2.06 bits per heavy atom. The number of hydrogen-bond acceptors (Lipinski definition) is 4. The second-order valence-corrected chi connectivity index (χ2v) is 7.99. The maximum Gasteiger partial charge on any atom is 0.160 e. The van der Waals surface area contributed by atoms with Crippen LogP contribution in [0.15, 0.2) is 27.6 Å². The fourth-order valence-electron chi connectivity index (χ4n) is 1.21. The van der Waals surface area contributed by atoms with Gasteiger partial charge in [0.15, 0.2) is 5.78 Å². The summed E-state index contributed by atoms with van der Waals surface area (Å²) in [4.78, 5) is 12.2. The highest BCUT2D eigenvalue weighted by Gasteiger charge is 2.09. The summed E-state index contributed by atoms with van der Waals surface area (Å²) >= 11 is 4.70. The number of benzene rings is 1. The van der Waals surface area contributed by atoms with Gasteiger partial charge in [-0.05, 0) is 25.1 Å². The molecule has 0 saturated heterocycles. The summed E-state index contributed by atoms with van der Waals surface area (Å²) in [5.41, 5.74) is 0.623. The van der Waals surface area contributed by atoms with Gasteiger partial charge in [-0.25, -0.2) is 8.42 Å². The molecule has 0 heterocycles. The van der Waals surface area contributed by atoms with Crippen molar-refractivity contribution in [3.05, 3.63) is 28.2 Å². The highest BCUT2D eigenvalue weighted by atomic mass is 79.9. The minimum absolute atomic E-state index is 0.0202. The second kappa shape index (κ2) is 6.02. The van der Waals surface area contributed by atoms with Crippen molar-refractivity contribution >= 4 is 43.3 Å². The van der Waals surface area contributed by atoms with E-state index in [-0.39, 0.29) is 11.5 Å². The van der Waals surface area contributed by atoms with Gasteiger partial charge < -0.3 is 0 Å². The minimum atomic E-state index is -2.95. The smallest absolute Gasteiger partial charge is 0.160 e. The van der Waals surface area contributed by atoms with E-state index in [2.05, 4.69) is 15.9 Å². The Bertz CT molecular complexity index is 524. The SMILES string of the molecule is CC(=O)c1cc(Br)ccc1SCCS(C)(=O)=O. The van der Waals surface area contributed by atoms with E-state index in [1.54, 1.807) is 6.07 Å². The third kappa shape index (κ3) is 5.23. The molecule has 0 amide bonds. The monoisotopic (exact) mass is 336 g/mol. The van der Waals surface area contributed by atoms with Crippen molar-refractivity contribution in [1.82, 2.24) is 0 Å². The van der Waals surface area contributed by atoms with Crippen molar-refractivity contribution < 1.29 is 13.2 Å². The zero-order valence-corrected chi connectivity index (χ0v) is 12.8. The van der Waals surface area contributed by atoms with E-state index in [0.717, 1.165) is 9.37 Å². The van der Waals surface area contributed by atoms with Crippen LogP contribution in [0, 0.1) is 0 Å². The first-order valence-corrected chi connectivity index (χ1v) is 8.74. The molecule has 0 N–H and O–H groups in total. The molecule has 1 aromatic carbocycles. The first-order valence-electron chi connectivity index (χ1n) is 4.90. The maximum absolute atomic E-state index is 11.4. The molecular formula is C11H13BrO3S2. The molecule has 94 valence electrons. The molecule has 0 unspecified atom stereocenters. The number of ketones is 1. The number of rotatable bonds is 5. The van der Waals surface area contributed by atoms with Crippen LogP contribution >= 0.6 is 27.7 Å². The molecule has 0 aromatic heterocycles. The van der Waals surface area contributed by atoms with Crippen molar-refractivity contribution in [1.29, 1.82) is 0 Å². The van der Waals surface area contributed by atoms with Crippen LogP contribution in [0.3, 0.4) is 0 Å². The van der Waals surface area contributed by atoms with Crippen molar-refractivity contribution in [3.63, 3.8) is 0 Å². The van der Waals surface area contributed by atoms with Gasteiger partial charge in [0.1, 0.15) is 9.84 Å². The van der Waals surface area contributed by atoms with Crippen LogP contribution in [0.5, 0.6) is 0 Å². The van der Waals surface area contributed by atoms with E-state index >= 15 is 0 Å². The molecule has 17 heavy (non-hydrogen) atoms. The van der Waals surface area contributed by atoms with Gasteiger partial charge in [-0.2, -0.15) is 0 Å². The summed E-state index contributed by atoms with van der Waals surface area (Å²) in [5, 5.41) is 0. The van der Waals surface area contributed by atoms with E-state index < -0.39 is 9.84 Å². The lowest BCUT2D eigenvalue weighted by Crippen LogP contribution is -2.05. The van der Waals surface area contributed by atoms with Crippen LogP contribution in [-0.4, -0.2) is 32.0 Å². The van der Waals surface area contributed by atoms with E-state index in [1.807, 2.05) is 12.1 Å². The molecule has 0 aliphatic heterocycles. The van der Waals surface area contributed by atoms with Crippen LogP contribution in [0.4, 0.5) is 0 Å². The molecular weight excluding hydrogens is 324 g/mol. The third-order valence-electron chi connectivity index (χ3n) is 2.03. The Kier molecular flexibility index (Phi) is 5.22. The number of carbonyl (C=O) groups excluding carboxylic acids is 1. The normalized spacial score (nSPS) is 11.5. The Balaban J connectivity index is 2.81. The van der Waals surface area contributed by atoms with Gasteiger partial charge in [0.25, 0.3) is 0 Å². The van der Waals surface area contributed by atoms with E-state index in [0.29, 0.717) is 11.3 Å². The predicted molar refractivity (Wildman–Crippen MR) is 74.6 cm³/mol. The lowest BCUT2D eigenvalue weighted by molar-refractivity contribution is 0.101. The first kappa shape index (κ1) is 14.7. The zero-order valence-electron chi connectivity index (χ0n) is 9.57. The number of sulfone groups is 1. The second-order valence-electron chi connectivity index (χ2n) is 3.68. The molecule has 1 rings (SSSR count). The molecule has 0 aliphatic carbocycles. The van der Waals surface area contributed by atoms with E-state index in [9.17, 15) is 13.2 Å². The molecule has 0 bridgehead atoms. The summed E-state index contributed by atoms with van der Waals surface area (Å²) in [6.45, 7) is 1.50. The Morgan fingerprint density at radius 1 is 1.41 bits per heavy atom. The molecule has 0 spiro atoms. The van der Waals surface area contributed by atoms with Gasteiger partial charge in [0.2, 0.25) is 0 Å². The largest absolute Gasteiger partial charge is 0.294 e. The molecule has 0 atom stereocenters. The average molecular weight is 337 g/mol. The van der Waals surface area contributed by atoms with Gasteiger partial charge in [0, 0.05) is 26.9 Å². The average Bonchev–Trinajstić information content (AvgIpc) is 2.18. The molecule has 0 fully saturated rings. The number of halogens is 1. The van der Waals surface area contributed by atoms with E-state index in [1.165, 1.54) is 24.9 Å². The van der Waals surface area contributed by atoms with Crippen LogP contribution in [0.1, 0.15) is 17.3 Å². The fraction of sp³-hybridized carbons (Fsp3) is 0.364. The summed E-state index contributed by atoms with van der Waals surface area (Å²) in [6, 6.07) is 5.42. The molecule has 0 radical (unpaired) electrons. The highest BCUT2D eigenvalue weighted by molar-refractivity contribution is 9.10. The Labute approximate surface area is 114 Å². The standard InChI is InChI=1S/C11H13BrO3S2/c1-8(13)10-7-9(12)3-4-11(10)16-5-6-17(2,14)15/h3-4,7H,5-6H2,1-2H3. The lowest BCUT2D eigenvalue weighted by atomic mass is 10.1. The van der Waals surface area contributed by atoms with Crippen molar-refractivity contribution in [2.24, 2.45) is 0 Å². The number of hydrogen-bond donors (Lipinski definition) is 0. The van der Waals surface area contributed by atoms with Crippen LogP contribution < -0.4 is 0 Å². The van der Waals surface area contributed by atoms with Gasteiger partial charge in [-0.3, -0.25) is 4.79 Å². The summed E-state index contributed by atoms with van der Waals surface area (Å²) in [6.07, 6.45) is 1.21. The number of carbonyl (C=O) groups is 1. The van der Waals surface area contributed by atoms with E-state index in [4.69, 9.17) is 0 Å². The lowest BCUT2D eigenvalue weighted by Gasteiger charge is -2.06. The Morgan fingerprint density at radius 3 is 2.59 bits per heavy atom. The molecule has 3 nitrogen and oxygen atoms in total. The van der Waals surface area contributed by atoms with Gasteiger partial charge in [-0.1, -0.05) is 15.9 Å². The molecule has 0 saturated carbocycles. The summed E-state index contributed by atoms with van der Waals surface area (Å²) < 4.78 is 22.9. The van der Waals surface area contributed by atoms with Gasteiger partial charge in [-0.15, -0.1) is 11.8 Å². The third-order valence-corrected chi connectivity index (χ3v) is 4.81. The van der Waals surface area contributed by atoms with Crippen LogP contribution in [0.25, 0.3) is 0 Å². The van der Waals surface area contributed by atoms with Gasteiger partial charge in [0.05, 0.1) is 5.75 Å². The molecule has 1 aromatic rings. The minimum Gasteiger partial charge on any atom is -0.294 e. The zero-order chi connectivity index (χ0) is 13.1. The topological polar surface area (TPSA) is 51.2 Å². The van der Waals surface area contributed by atoms with Crippen molar-refractivity contribution in [2.45, 2.75) is 11.8 Å². The van der Waals surface area contributed by atoms with Crippen LogP contribution in [-0.2, 0) is 9.84 Å².